The number of aryl methyl sites for hydroxylation is 2. The zero-order valence-corrected chi connectivity index (χ0v) is 9.87. The predicted molar refractivity (Wildman–Crippen MR) is 68.2 cm³/mol. The average Bonchev–Trinajstić information content (AvgIpc) is 2.80. The minimum Gasteiger partial charge on any atom is -0.236 e. The highest BCUT2D eigenvalue weighted by Gasteiger charge is 2.18. The third-order valence-corrected chi connectivity index (χ3v) is 3.57. The third kappa shape index (κ3) is 1.29. The van der Waals surface area contributed by atoms with Crippen LogP contribution in [0.1, 0.15) is 17.5 Å². The Labute approximate surface area is 104 Å². The van der Waals surface area contributed by atoms with E-state index in [-0.39, 0.29) is 0 Å². The van der Waals surface area contributed by atoms with Crippen LogP contribution < -0.4 is 0 Å². The maximum absolute atomic E-state index is 4.58. The number of aromatic nitrogens is 4. The second-order valence-corrected chi connectivity index (χ2v) is 4.61. The van der Waals surface area contributed by atoms with E-state index >= 15 is 0 Å². The standard InChI is InChI=1S/C14H12N4/c1-2-6-11-10(4-1)5-3-7-12-13(11)16-9-18-14(12)15-8-17-18/h1-2,4,6,8-9H,3,5,7H2. The Bertz CT molecular complexity index is 729. The molecular weight excluding hydrogens is 224 g/mol. The Hall–Kier alpha value is -2.23. The van der Waals surface area contributed by atoms with Gasteiger partial charge < -0.3 is 0 Å². The van der Waals surface area contributed by atoms with Crippen LogP contribution in [0, 0.1) is 0 Å². The largest absolute Gasteiger partial charge is 0.236 e. The summed E-state index contributed by atoms with van der Waals surface area (Å²) in [6, 6.07) is 8.52. The van der Waals surface area contributed by atoms with Crippen molar-refractivity contribution in [2.75, 3.05) is 0 Å². The summed E-state index contributed by atoms with van der Waals surface area (Å²) in [6.07, 6.45) is 6.60. The molecule has 0 aliphatic heterocycles. The molecule has 0 saturated carbocycles. The number of hydrogen-bond donors (Lipinski definition) is 0. The average molecular weight is 236 g/mol. The van der Waals surface area contributed by atoms with Crippen LogP contribution in [-0.2, 0) is 12.8 Å². The van der Waals surface area contributed by atoms with Crippen LogP contribution in [0.3, 0.4) is 0 Å². The van der Waals surface area contributed by atoms with Crippen LogP contribution in [0.2, 0.25) is 0 Å². The highest BCUT2D eigenvalue weighted by molar-refractivity contribution is 5.72. The van der Waals surface area contributed by atoms with Gasteiger partial charge in [-0.2, -0.15) is 5.10 Å². The zero-order valence-electron chi connectivity index (χ0n) is 9.87. The minimum atomic E-state index is 0.941. The van der Waals surface area contributed by atoms with Gasteiger partial charge in [0.15, 0.2) is 5.65 Å². The molecule has 0 radical (unpaired) electrons. The monoisotopic (exact) mass is 236 g/mol. The molecule has 0 N–H and O–H groups in total. The fourth-order valence-corrected chi connectivity index (χ4v) is 2.73. The lowest BCUT2D eigenvalue weighted by molar-refractivity contribution is 0.824. The predicted octanol–water partition coefficient (Wildman–Crippen LogP) is 2.28. The van der Waals surface area contributed by atoms with Crippen molar-refractivity contribution in [1.82, 2.24) is 19.6 Å². The van der Waals surface area contributed by atoms with Crippen molar-refractivity contribution >= 4 is 5.65 Å². The molecule has 4 rings (SSSR count). The van der Waals surface area contributed by atoms with Crippen molar-refractivity contribution in [3.63, 3.8) is 0 Å². The zero-order chi connectivity index (χ0) is 11.9. The number of hydrogen-bond acceptors (Lipinski definition) is 3. The van der Waals surface area contributed by atoms with Crippen LogP contribution in [0.25, 0.3) is 16.9 Å². The Balaban J connectivity index is 2.09. The van der Waals surface area contributed by atoms with Gasteiger partial charge in [0.1, 0.15) is 12.7 Å². The van der Waals surface area contributed by atoms with E-state index in [1.807, 2.05) is 0 Å². The van der Waals surface area contributed by atoms with Crippen LogP contribution in [0.4, 0.5) is 0 Å². The molecule has 2 aromatic heterocycles. The molecular formula is C14H12N4. The van der Waals surface area contributed by atoms with Gasteiger partial charge >= 0.3 is 0 Å². The topological polar surface area (TPSA) is 43.1 Å². The van der Waals surface area contributed by atoms with E-state index in [0.29, 0.717) is 0 Å². The molecule has 2 heterocycles. The maximum Gasteiger partial charge on any atom is 0.162 e. The summed E-state index contributed by atoms with van der Waals surface area (Å²) in [5.74, 6) is 0. The fourth-order valence-electron chi connectivity index (χ4n) is 2.73. The first-order valence-corrected chi connectivity index (χ1v) is 6.19. The molecule has 0 amide bonds. The van der Waals surface area contributed by atoms with E-state index in [0.717, 1.165) is 30.6 Å². The molecule has 4 nitrogen and oxygen atoms in total. The highest BCUT2D eigenvalue weighted by atomic mass is 15.3. The lowest BCUT2D eigenvalue weighted by atomic mass is 10.0. The Kier molecular flexibility index (Phi) is 1.97. The summed E-state index contributed by atoms with van der Waals surface area (Å²) in [5.41, 5.74) is 5.86. The quantitative estimate of drug-likeness (QED) is 0.601. The normalized spacial score (nSPS) is 14.0. The Morgan fingerprint density at radius 2 is 2.00 bits per heavy atom. The SMILES string of the molecule is c1ccc2c(c1)CCCc1c-2ncn2ncnc12. The van der Waals surface area contributed by atoms with Crippen molar-refractivity contribution in [1.29, 1.82) is 0 Å². The molecule has 0 fully saturated rings. The number of fused-ring (bicyclic) bond motifs is 5. The summed E-state index contributed by atoms with van der Waals surface area (Å²) in [6.45, 7) is 0. The first kappa shape index (κ1) is 9.76. The molecule has 18 heavy (non-hydrogen) atoms. The van der Waals surface area contributed by atoms with Crippen molar-refractivity contribution in [2.24, 2.45) is 0 Å². The molecule has 0 unspecified atom stereocenters. The van der Waals surface area contributed by atoms with Crippen molar-refractivity contribution in [3.8, 4) is 11.3 Å². The summed E-state index contributed by atoms with van der Waals surface area (Å²) in [7, 11) is 0. The maximum atomic E-state index is 4.58. The molecule has 0 spiro atoms. The summed E-state index contributed by atoms with van der Waals surface area (Å²) >= 11 is 0. The van der Waals surface area contributed by atoms with Gasteiger partial charge in [-0.3, -0.25) is 0 Å². The molecule has 4 heteroatoms. The van der Waals surface area contributed by atoms with Gasteiger partial charge in [-0.15, -0.1) is 0 Å². The number of benzene rings is 1. The molecule has 1 aromatic carbocycles. The lowest BCUT2D eigenvalue weighted by Gasteiger charge is -2.08. The summed E-state index contributed by atoms with van der Waals surface area (Å²) in [5, 5.41) is 4.16. The number of rotatable bonds is 0. The second-order valence-electron chi connectivity index (χ2n) is 4.61. The van der Waals surface area contributed by atoms with Gasteiger partial charge in [-0.05, 0) is 24.8 Å². The Morgan fingerprint density at radius 1 is 1.06 bits per heavy atom. The number of nitrogens with zero attached hydrogens (tertiary/aromatic N) is 4. The summed E-state index contributed by atoms with van der Waals surface area (Å²) in [4.78, 5) is 8.94. The van der Waals surface area contributed by atoms with E-state index in [9.17, 15) is 0 Å². The third-order valence-electron chi connectivity index (χ3n) is 3.57. The Morgan fingerprint density at radius 3 is 3.00 bits per heavy atom. The summed E-state index contributed by atoms with van der Waals surface area (Å²) < 4.78 is 1.76. The van der Waals surface area contributed by atoms with Crippen LogP contribution in [-0.4, -0.2) is 19.6 Å². The molecule has 88 valence electrons. The van der Waals surface area contributed by atoms with E-state index < -0.39 is 0 Å². The molecule has 0 atom stereocenters. The molecule has 1 aliphatic carbocycles. The van der Waals surface area contributed by atoms with Gasteiger partial charge in [-0.1, -0.05) is 24.3 Å². The second kappa shape index (κ2) is 3.63. The fraction of sp³-hybridized carbons (Fsp3) is 0.214. The van der Waals surface area contributed by atoms with Crippen molar-refractivity contribution < 1.29 is 0 Å². The van der Waals surface area contributed by atoms with Crippen molar-refractivity contribution in [2.45, 2.75) is 19.3 Å². The van der Waals surface area contributed by atoms with E-state index in [1.165, 1.54) is 16.7 Å². The van der Waals surface area contributed by atoms with E-state index in [2.05, 4.69) is 39.3 Å². The van der Waals surface area contributed by atoms with Gasteiger partial charge in [0.2, 0.25) is 0 Å². The minimum absolute atomic E-state index is 0.941. The molecule has 1 aliphatic rings. The molecule has 3 aromatic rings. The van der Waals surface area contributed by atoms with Crippen LogP contribution in [0.5, 0.6) is 0 Å². The van der Waals surface area contributed by atoms with Gasteiger partial charge in [-0.25, -0.2) is 14.5 Å². The van der Waals surface area contributed by atoms with E-state index in [1.54, 1.807) is 17.2 Å². The first-order valence-electron chi connectivity index (χ1n) is 6.19. The smallest absolute Gasteiger partial charge is 0.162 e. The molecule has 0 saturated heterocycles. The highest BCUT2D eigenvalue weighted by Crippen LogP contribution is 2.31. The van der Waals surface area contributed by atoms with Gasteiger partial charge in [0.05, 0.1) is 5.69 Å². The van der Waals surface area contributed by atoms with Crippen LogP contribution >= 0.6 is 0 Å². The van der Waals surface area contributed by atoms with Gasteiger partial charge in [0.25, 0.3) is 0 Å². The lowest BCUT2D eigenvalue weighted by Crippen LogP contribution is -1.99. The first-order chi connectivity index (χ1) is 8.93. The van der Waals surface area contributed by atoms with Gasteiger partial charge in [0, 0.05) is 11.1 Å². The van der Waals surface area contributed by atoms with Crippen molar-refractivity contribution in [3.05, 3.63) is 48.0 Å². The van der Waals surface area contributed by atoms with Crippen LogP contribution in [0.15, 0.2) is 36.9 Å². The van der Waals surface area contributed by atoms with E-state index in [4.69, 9.17) is 0 Å². The molecule has 0 bridgehead atoms.